The molecule has 0 spiro atoms. The number of hydrogen-bond acceptors (Lipinski definition) is 3. The van der Waals surface area contributed by atoms with E-state index in [1.165, 1.54) is 6.08 Å². The van der Waals surface area contributed by atoms with Crippen LogP contribution in [0.2, 0.25) is 0 Å². The van der Waals surface area contributed by atoms with Crippen LogP contribution < -0.4 is 5.32 Å². The maximum atomic E-state index is 12.8. The summed E-state index contributed by atoms with van der Waals surface area (Å²) in [5.74, 6) is 1.23. The average Bonchev–Trinajstić information content (AvgIpc) is 3.10. The molecule has 2 rings (SSSR count). The lowest BCUT2D eigenvalue weighted by atomic mass is 9.96. The molecule has 22 heavy (non-hydrogen) atoms. The number of carbonyl (C=O) groups excluding carboxylic acids is 2. The number of likely N-dealkylation sites (tertiary alicyclic amines) is 1. The Balaban J connectivity index is 2.15. The zero-order chi connectivity index (χ0) is 16.3. The summed E-state index contributed by atoms with van der Waals surface area (Å²) in [6.45, 7) is 9.79. The molecule has 1 fully saturated rings. The van der Waals surface area contributed by atoms with Crippen molar-refractivity contribution in [3.63, 3.8) is 0 Å². The molecule has 2 amide bonds. The fraction of sp³-hybridized carbons (Fsp3) is 0.529. The molecule has 0 aromatic carbocycles. The number of aryl methyl sites for hydroxylation is 1. The van der Waals surface area contributed by atoms with Crippen LogP contribution in [0.1, 0.15) is 50.7 Å². The Bertz CT molecular complexity index is 578. The van der Waals surface area contributed by atoms with E-state index in [-0.39, 0.29) is 17.9 Å². The van der Waals surface area contributed by atoms with Gasteiger partial charge in [-0.25, -0.2) is 0 Å². The molecule has 1 aliphatic rings. The second-order valence-corrected chi connectivity index (χ2v) is 5.95. The minimum absolute atomic E-state index is 0.138. The molecule has 2 heterocycles. The Labute approximate surface area is 131 Å². The van der Waals surface area contributed by atoms with Crippen LogP contribution in [0.3, 0.4) is 0 Å². The zero-order valence-corrected chi connectivity index (χ0v) is 13.5. The van der Waals surface area contributed by atoms with Crippen LogP contribution in [0.25, 0.3) is 0 Å². The van der Waals surface area contributed by atoms with Crippen molar-refractivity contribution in [2.45, 2.75) is 51.6 Å². The van der Waals surface area contributed by atoms with Gasteiger partial charge in [-0.3, -0.25) is 9.59 Å². The van der Waals surface area contributed by atoms with Gasteiger partial charge in [0.15, 0.2) is 0 Å². The number of carbonyl (C=O) groups is 2. The molecular weight excluding hydrogens is 280 g/mol. The van der Waals surface area contributed by atoms with E-state index in [0.29, 0.717) is 13.0 Å². The first-order chi connectivity index (χ1) is 10.4. The summed E-state index contributed by atoms with van der Waals surface area (Å²) in [5, 5.41) is 3.03. The monoisotopic (exact) mass is 304 g/mol. The maximum absolute atomic E-state index is 12.8. The molecule has 5 heteroatoms. The molecule has 1 N–H and O–H groups in total. The van der Waals surface area contributed by atoms with Crippen molar-refractivity contribution in [1.82, 2.24) is 10.2 Å². The highest BCUT2D eigenvalue weighted by atomic mass is 16.3. The van der Waals surface area contributed by atoms with Gasteiger partial charge in [0.2, 0.25) is 11.8 Å². The Hall–Kier alpha value is -2.04. The van der Waals surface area contributed by atoms with E-state index in [9.17, 15) is 9.59 Å². The van der Waals surface area contributed by atoms with Gasteiger partial charge in [0.1, 0.15) is 17.1 Å². The van der Waals surface area contributed by atoms with Gasteiger partial charge in [-0.05, 0) is 51.3 Å². The molecule has 0 radical (unpaired) electrons. The lowest BCUT2D eigenvalue weighted by Gasteiger charge is -2.34. The van der Waals surface area contributed by atoms with E-state index in [0.717, 1.165) is 24.4 Å². The number of nitrogens with one attached hydrogen (secondary N) is 1. The summed E-state index contributed by atoms with van der Waals surface area (Å²) in [4.78, 5) is 26.3. The van der Waals surface area contributed by atoms with Gasteiger partial charge in [0.25, 0.3) is 0 Å². The number of hydrogen-bond donors (Lipinski definition) is 1. The molecule has 120 valence electrons. The van der Waals surface area contributed by atoms with E-state index in [4.69, 9.17) is 4.42 Å². The summed E-state index contributed by atoms with van der Waals surface area (Å²) in [5.41, 5.74) is -0.819. The van der Waals surface area contributed by atoms with Gasteiger partial charge in [0.05, 0.1) is 6.04 Å². The molecular formula is C17H24N2O3. The summed E-state index contributed by atoms with van der Waals surface area (Å²) in [6, 6.07) is 3.59. The number of rotatable bonds is 5. The largest absolute Gasteiger partial charge is 0.464 e. The Morgan fingerprint density at radius 2 is 2.27 bits per heavy atom. The summed E-state index contributed by atoms with van der Waals surface area (Å²) < 4.78 is 5.62. The van der Waals surface area contributed by atoms with E-state index >= 15 is 0 Å². The fourth-order valence-corrected chi connectivity index (χ4v) is 2.99. The summed E-state index contributed by atoms with van der Waals surface area (Å²) in [7, 11) is 0. The quantitative estimate of drug-likeness (QED) is 0.851. The van der Waals surface area contributed by atoms with Gasteiger partial charge in [-0.15, -0.1) is 0 Å². The normalized spacial score (nSPS) is 22.4. The summed E-state index contributed by atoms with van der Waals surface area (Å²) in [6.07, 6.45) is 3.47. The molecule has 0 saturated carbocycles. The third-order valence-electron chi connectivity index (χ3n) is 4.39. The highest BCUT2D eigenvalue weighted by Gasteiger charge is 2.45. The molecule has 1 aromatic rings. The molecule has 5 nitrogen and oxygen atoms in total. The standard InChI is InChI=1S/C17H24N2O3/c1-5-13(14-9-8-12(3)22-14)18-16(21)17(4)10-7-11-19(17)15(20)6-2/h6,8-9,13H,2,5,7,10-11H2,1,3-4H3,(H,18,21)/t13-,17?/m0/s1. The fourth-order valence-electron chi connectivity index (χ4n) is 2.99. The van der Waals surface area contributed by atoms with Gasteiger partial charge < -0.3 is 14.6 Å². The van der Waals surface area contributed by atoms with Crippen LogP contribution >= 0.6 is 0 Å². The van der Waals surface area contributed by atoms with Gasteiger partial charge in [0, 0.05) is 6.54 Å². The Morgan fingerprint density at radius 1 is 1.55 bits per heavy atom. The Kier molecular flexibility index (Phi) is 4.74. The van der Waals surface area contributed by atoms with Gasteiger partial charge in [-0.2, -0.15) is 0 Å². The third kappa shape index (κ3) is 2.93. The van der Waals surface area contributed by atoms with E-state index in [2.05, 4.69) is 11.9 Å². The second kappa shape index (κ2) is 6.38. The van der Waals surface area contributed by atoms with Crippen molar-refractivity contribution >= 4 is 11.8 Å². The first-order valence-corrected chi connectivity index (χ1v) is 7.73. The lowest BCUT2D eigenvalue weighted by molar-refractivity contribution is -0.141. The number of furan rings is 1. The van der Waals surface area contributed by atoms with Gasteiger partial charge >= 0.3 is 0 Å². The van der Waals surface area contributed by atoms with Crippen molar-refractivity contribution in [2.75, 3.05) is 6.54 Å². The van der Waals surface area contributed by atoms with Crippen LogP contribution in [0, 0.1) is 6.92 Å². The molecule has 0 bridgehead atoms. The topological polar surface area (TPSA) is 62.6 Å². The van der Waals surface area contributed by atoms with Crippen LogP contribution in [0.4, 0.5) is 0 Å². The highest BCUT2D eigenvalue weighted by Crippen LogP contribution is 2.31. The molecule has 1 aromatic heterocycles. The minimum atomic E-state index is -0.819. The second-order valence-electron chi connectivity index (χ2n) is 5.95. The number of nitrogens with zero attached hydrogens (tertiary/aromatic N) is 1. The predicted molar refractivity (Wildman–Crippen MR) is 84.2 cm³/mol. The molecule has 1 saturated heterocycles. The van der Waals surface area contributed by atoms with Crippen molar-refractivity contribution in [1.29, 1.82) is 0 Å². The first kappa shape index (κ1) is 16.3. The number of amides is 2. The van der Waals surface area contributed by atoms with Crippen LogP contribution in [0.5, 0.6) is 0 Å². The van der Waals surface area contributed by atoms with Gasteiger partial charge in [-0.1, -0.05) is 13.5 Å². The van der Waals surface area contributed by atoms with Crippen LogP contribution in [-0.4, -0.2) is 28.8 Å². The zero-order valence-electron chi connectivity index (χ0n) is 13.5. The SMILES string of the molecule is C=CC(=O)N1CCCC1(C)C(=O)N[C@@H](CC)c1ccc(C)o1. The van der Waals surface area contributed by atoms with Crippen molar-refractivity contribution in [2.24, 2.45) is 0 Å². The van der Waals surface area contributed by atoms with E-state index < -0.39 is 5.54 Å². The van der Waals surface area contributed by atoms with E-state index in [1.54, 1.807) is 4.90 Å². The van der Waals surface area contributed by atoms with Crippen molar-refractivity contribution in [3.05, 3.63) is 36.3 Å². The minimum Gasteiger partial charge on any atom is -0.464 e. The third-order valence-corrected chi connectivity index (χ3v) is 4.39. The lowest BCUT2D eigenvalue weighted by Crippen LogP contribution is -2.55. The van der Waals surface area contributed by atoms with Crippen molar-refractivity contribution in [3.8, 4) is 0 Å². The molecule has 2 atom stereocenters. The predicted octanol–water partition coefficient (Wildman–Crippen LogP) is 2.72. The molecule has 1 unspecified atom stereocenters. The average molecular weight is 304 g/mol. The molecule has 0 aliphatic carbocycles. The van der Waals surface area contributed by atoms with Crippen molar-refractivity contribution < 1.29 is 14.0 Å². The summed E-state index contributed by atoms with van der Waals surface area (Å²) >= 11 is 0. The van der Waals surface area contributed by atoms with Crippen LogP contribution in [0.15, 0.2) is 29.2 Å². The maximum Gasteiger partial charge on any atom is 0.246 e. The van der Waals surface area contributed by atoms with Crippen LogP contribution in [-0.2, 0) is 9.59 Å². The van der Waals surface area contributed by atoms with E-state index in [1.807, 2.05) is 32.9 Å². The Morgan fingerprint density at radius 3 is 2.82 bits per heavy atom. The molecule has 1 aliphatic heterocycles. The highest BCUT2D eigenvalue weighted by molar-refractivity contribution is 5.95. The smallest absolute Gasteiger partial charge is 0.246 e. The first-order valence-electron chi connectivity index (χ1n) is 7.73.